The lowest BCUT2D eigenvalue weighted by Crippen LogP contribution is -2.61. The molecule has 6 rings (SSSR count). The topological polar surface area (TPSA) is 129 Å². The van der Waals surface area contributed by atoms with Crippen LogP contribution >= 0.6 is 23.2 Å². The van der Waals surface area contributed by atoms with Crippen LogP contribution in [-0.4, -0.2) is 66.8 Å². The molecule has 3 amide bonds. The number of fused-ring (bicyclic) bond motifs is 3. The highest BCUT2D eigenvalue weighted by atomic mass is 35.5. The Balaban J connectivity index is 1.53. The number of ether oxygens (including phenoxy) is 1. The van der Waals surface area contributed by atoms with E-state index in [-0.39, 0.29) is 41.9 Å². The third-order valence-corrected chi connectivity index (χ3v) is 10.9. The minimum atomic E-state index is -1.19. The number of aliphatic hydroxyl groups is 1. The van der Waals surface area contributed by atoms with Crippen LogP contribution in [-0.2, 0) is 19.7 Å². The minimum absolute atomic E-state index is 0.0602. The molecule has 1 aliphatic carbocycles. The largest absolute Gasteiger partial charge is 0.394 e. The van der Waals surface area contributed by atoms with Crippen LogP contribution < -0.4 is 21.3 Å². The molecule has 1 unspecified atom stereocenters. The minimum Gasteiger partial charge on any atom is -0.394 e. The van der Waals surface area contributed by atoms with Gasteiger partial charge in [0, 0.05) is 39.8 Å². The van der Waals surface area contributed by atoms with E-state index in [4.69, 9.17) is 27.9 Å². The average molecular weight is 644 g/mol. The molecule has 236 valence electrons. The van der Waals surface area contributed by atoms with Gasteiger partial charge in [-0.15, -0.1) is 0 Å². The molecule has 0 bridgehead atoms. The van der Waals surface area contributed by atoms with Crippen molar-refractivity contribution in [2.45, 2.75) is 87.4 Å². The van der Waals surface area contributed by atoms with Gasteiger partial charge in [-0.3, -0.25) is 19.7 Å². The summed E-state index contributed by atoms with van der Waals surface area (Å²) < 4.78 is 5.76. The Bertz CT molecular complexity index is 1480. The molecule has 3 aliphatic heterocycles. The summed E-state index contributed by atoms with van der Waals surface area (Å²) in [6.45, 7) is 4.70. The van der Waals surface area contributed by atoms with E-state index in [2.05, 4.69) is 35.1 Å². The Morgan fingerprint density at radius 2 is 1.80 bits per heavy atom. The highest BCUT2D eigenvalue weighted by molar-refractivity contribution is 6.31. The second kappa shape index (κ2) is 11.6. The van der Waals surface area contributed by atoms with E-state index in [9.17, 15) is 19.5 Å². The van der Waals surface area contributed by atoms with Crippen LogP contribution in [0.5, 0.6) is 0 Å². The first-order chi connectivity index (χ1) is 20.9. The summed E-state index contributed by atoms with van der Waals surface area (Å²) in [6.07, 6.45) is 4.11. The van der Waals surface area contributed by atoms with Crippen molar-refractivity contribution in [2.75, 3.05) is 25.6 Å². The van der Waals surface area contributed by atoms with Gasteiger partial charge in [-0.2, -0.15) is 0 Å². The third kappa shape index (κ3) is 5.10. The highest BCUT2D eigenvalue weighted by Crippen LogP contribution is 2.63. The van der Waals surface area contributed by atoms with E-state index < -0.39 is 22.9 Å². The van der Waals surface area contributed by atoms with Crippen LogP contribution in [0.3, 0.4) is 0 Å². The van der Waals surface area contributed by atoms with Gasteiger partial charge < -0.3 is 25.8 Å². The number of hydrogen-bond donors (Lipinski definition) is 5. The number of nitrogens with one attached hydrogen (secondary N) is 4. The first kappa shape index (κ1) is 31.3. The number of hydrogen-bond acceptors (Lipinski definition) is 6. The van der Waals surface area contributed by atoms with Crippen molar-refractivity contribution in [3.63, 3.8) is 0 Å². The lowest BCUT2D eigenvalue weighted by molar-refractivity contribution is -0.126. The Labute approximate surface area is 267 Å². The zero-order valence-electron chi connectivity index (χ0n) is 25.3. The normalized spacial score (nSPS) is 30.2. The van der Waals surface area contributed by atoms with Crippen molar-refractivity contribution in [3.05, 3.63) is 63.1 Å². The average Bonchev–Trinajstić information content (AvgIpc) is 3.46. The predicted molar refractivity (Wildman–Crippen MR) is 169 cm³/mol. The first-order valence-electron chi connectivity index (χ1n) is 15.4. The van der Waals surface area contributed by atoms with Gasteiger partial charge >= 0.3 is 0 Å². The van der Waals surface area contributed by atoms with E-state index in [1.807, 2.05) is 6.07 Å². The van der Waals surface area contributed by atoms with Gasteiger partial charge in [0.25, 0.3) is 5.91 Å². The van der Waals surface area contributed by atoms with E-state index in [0.29, 0.717) is 59.1 Å². The van der Waals surface area contributed by atoms with Crippen molar-refractivity contribution in [2.24, 2.45) is 5.41 Å². The molecule has 11 heteroatoms. The molecule has 4 aliphatic rings. The van der Waals surface area contributed by atoms with Gasteiger partial charge in [0.2, 0.25) is 11.8 Å². The van der Waals surface area contributed by atoms with Gasteiger partial charge in [0.15, 0.2) is 0 Å². The lowest BCUT2D eigenvalue weighted by Gasteiger charge is -2.50. The Morgan fingerprint density at radius 1 is 1.05 bits per heavy atom. The molecule has 1 saturated carbocycles. The molecule has 5 atom stereocenters. The maximum Gasteiger partial charge on any atom is 0.251 e. The number of rotatable bonds is 5. The first-order valence-corrected chi connectivity index (χ1v) is 16.1. The maximum absolute atomic E-state index is 14.7. The van der Waals surface area contributed by atoms with Crippen molar-refractivity contribution in [3.8, 4) is 0 Å². The van der Waals surface area contributed by atoms with Gasteiger partial charge in [0.1, 0.15) is 5.41 Å². The molecule has 2 aromatic carbocycles. The quantitative estimate of drug-likeness (QED) is 0.331. The molecule has 5 N–H and O–H groups in total. The van der Waals surface area contributed by atoms with Gasteiger partial charge in [-0.25, -0.2) is 0 Å². The molecule has 3 fully saturated rings. The summed E-state index contributed by atoms with van der Waals surface area (Å²) >= 11 is 13.1. The molecular formula is C33H40Cl2N4O5. The summed E-state index contributed by atoms with van der Waals surface area (Å²) in [4.78, 5) is 42.0. The predicted octanol–water partition coefficient (Wildman–Crippen LogP) is 4.29. The number of anilines is 1. The second-order valence-corrected chi connectivity index (χ2v) is 14.4. The standard InChI is InChI=1S/C33H40Cl2N4O5/c1-31(2)8-10-32(11-9-31)33(24-7-4-20(34)15-25(24)38-30(33)43)26(18-12-19(28(41)36-3)14-21(35)13-18)27(39-32)29(42)37-22-5-6-23(16-40)44-17-22/h4,7,12-15,22-23,26-27,39-40H,5-6,8-11,16-17H2,1-3H3,(H,36,41)(H,37,42)(H,38,43)/t22-,23+,26+,27-,33?/m1/s1. The van der Waals surface area contributed by atoms with E-state index in [1.54, 1.807) is 37.4 Å². The van der Waals surface area contributed by atoms with Crippen molar-refractivity contribution < 1.29 is 24.2 Å². The van der Waals surface area contributed by atoms with E-state index in [1.165, 1.54) is 0 Å². The van der Waals surface area contributed by atoms with Crippen LogP contribution in [0.4, 0.5) is 5.69 Å². The fraction of sp³-hybridized carbons (Fsp3) is 0.545. The Kier molecular flexibility index (Phi) is 8.24. The van der Waals surface area contributed by atoms with Crippen molar-refractivity contribution >= 4 is 46.6 Å². The molecular weight excluding hydrogens is 603 g/mol. The molecule has 2 aromatic rings. The number of halogens is 2. The van der Waals surface area contributed by atoms with Crippen LogP contribution in [0.2, 0.25) is 10.0 Å². The van der Waals surface area contributed by atoms with Crippen molar-refractivity contribution in [1.29, 1.82) is 0 Å². The van der Waals surface area contributed by atoms with Gasteiger partial charge in [0.05, 0.1) is 31.4 Å². The molecule has 0 aromatic heterocycles. The maximum atomic E-state index is 14.7. The molecule has 2 spiro atoms. The number of aliphatic hydroxyl groups excluding tert-OH is 1. The summed E-state index contributed by atoms with van der Waals surface area (Å²) in [7, 11) is 1.55. The van der Waals surface area contributed by atoms with Crippen molar-refractivity contribution in [1.82, 2.24) is 16.0 Å². The van der Waals surface area contributed by atoms with E-state index in [0.717, 1.165) is 18.4 Å². The summed E-state index contributed by atoms with van der Waals surface area (Å²) in [5.74, 6) is -1.47. The number of benzene rings is 2. The Morgan fingerprint density at radius 3 is 2.45 bits per heavy atom. The fourth-order valence-corrected chi connectivity index (χ4v) is 8.52. The lowest BCUT2D eigenvalue weighted by atomic mass is 9.53. The molecule has 44 heavy (non-hydrogen) atoms. The van der Waals surface area contributed by atoms with Gasteiger partial charge in [-0.05, 0) is 85.4 Å². The monoisotopic (exact) mass is 642 g/mol. The van der Waals surface area contributed by atoms with Crippen LogP contribution in [0, 0.1) is 5.41 Å². The smallest absolute Gasteiger partial charge is 0.251 e. The summed E-state index contributed by atoms with van der Waals surface area (Å²) in [5.41, 5.74) is 0.508. The SMILES string of the molecule is CNC(=O)c1cc(Cl)cc([C@H]2[C@H](C(=O)N[C@@H]3CC[C@@H](CO)OC3)NC3(CCC(C)(C)CC3)C23C(=O)Nc2cc(Cl)ccc23)c1. The highest BCUT2D eigenvalue weighted by Gasteiger charge is 2.72. The third-order valence-electron chi connectivity index (χ3n) is 10.4. The molecule has 9 nitrogen and oxygen atoms in total. The molecule has 3 heterocycles. The number of amides is 3. The second-order valence-electron chi connectivity index (χ2n) is 13.6. The van der Waals surface area contributed by atoms with Crippen LogP contribution in [0.25, 0.3) is 0 Å². The Hall–Kier alpha value is -2.69. The zero-order chi connectivity index (χ0) is 31.4. The molecule has 0 radical (unpaired) electrons. The summed E-state index contributed by atoms with van der Waals surface area (Å²) in [6, 6.07) is 9.50. The van der Waals surface area contributed by atoms with Crippen LogP contribution in [0.1, 0.15) is 79.8 Å². The van der Waals surface area contributed by atoms with E-state index >= 15 is 0 Å². The van der Waals surface area contributed by atoms with Gasteiger partial charge in [-0.1, -0.05) is 43.1 Å². The number of carbonyl (C=O) groups excluding carboxylic acids is 3. The molecule has 2 saturated heterocycles. The van der Waals surface area contributed by atoms with Crippen LogP contribution in [0.15, 0.2) is 36.4 Å². The number of carbonyl (C=O) groups is 3. The summed E-state index contributed by atoms with van der Waals surface area (Å²) in [5, 5.41) is 23.1. The fourth-order valence-electron chi connectivity index (χ4n) is 8.11. The zero-order valence-corrected chi connectivity index (χ0v) is 26.8.